The van der Waals surface area contributed by atoms with Gasteiger partial charge in [0.1, 0.15) is 16.9 Å². The molecule has 40 heavy (non-hydrogen) atoms. The number of thioether (sulfide) groups is 1. The van der Waals surface area contributed by atoms with Gasteiger partial charge < -0.3 is 31.4 Å². The number of primary amides is 1. The van der Waals surface area contributed by atoms with Gasteiger partial charge in [-0.1, -0.05) is 6.92 Å². The summed E-state index contributed by atoms with van der Waals surface area (Å²) >= 11 is 2.69. The minimum Gasteiger partial charge on any atom is -0.543 e. The van der Waals surface area contributed by atoms with Crippen molar-refractivity contribution < 1.29 is 34.0 Å². The van der Waals surface area contributed by atoms with E-state index in [9.17, 15) is 29.4 Å². The highest BCUT2D eigenvalue weighted by molar-refractivity contribution is 7.99. The molecule has 14 heteroatoms. The maximum absolute atomic E-state index is 13.7. The Morgan fingerprint density at radius 3 is 2.73 bits per heavy atom. The Morgan fingerprint density at radius 2 is 2.08 bits per heavy atom. The number of carboxylic acids is 1. The standard InChI is InChI=1S/C26H28N6O6S2/c1-12-18(22(26(37)38)32-21(12)19(13(2)33)24(32)36)16-9-31-11-29-20(25(31)40-16)23(35)14-6-15(39-5-3-4-27)8-30(7-14)10-17(28)34/h6-9,11-13,19,21,33H,3-5,10,27H2,1-2H3,(H2-,28,34,37,38)/t12-,13+,19+,21+/m0/s1. The van der Waals surface area contributed by atoms with E-state index in [1.54, 1.807) is 33.6 Å². The fourth-order valence-electron chi connectivity index (χ4n) is 5.45. The number of nitrogens with two attached hydrogens (primary N) is 2. The number of ketones is 1. The molecule has 0 aromatic carbocycles. The molecule has 12 nitrogen and oxygen atoms in total. The summed E-state index contributed by atoms with van der Waals surface area (Å²) in [5, 5.41) is 22.3. The summed E-state index contributed by atoms with van der Waals surface area (Å²) in [6, 6.07) is 1.24. The summed E-state index contributed by atoms with van der Waals surface area (Å²) < 4.78 is 3.20. The predicted molar refractivity (Wildman–Crippen MR) is 144 cm³/mol. The second-order valence-corrected chi connectivity index (χ2v) is 12.1. The van der Waals surface area contributed by atoms with Crippen LogP contribution in [0.15, 0.2) is 41.6 Å². The molecular weight excluding hydrogens is 556 g/mol. The lowest BCUT2D eigenvalue weighted by atomic mass is 9.77. The van der Waals surface area contributed by atoms with Crippen LogP contribution < -0.4 is 21.1 Å². The maximum Gasteiger partial charge on any atom is 0.283 e. The van der Waals surface area contributed by atoms with Gasteiger partial charge in [-0.3, -0.25) is 18.8 Å². The number of nitrogens with zero attached hydrogens (tertiary/aromatic N) is 4. The molecule has 0 spiro atoms. The number of amides is 2. The number of carboxylic acid groups (broad SMARTS) is 1. The van der Waals surface area contributed by atoms with Crippen molar-refractivity contribution in [1.29, 1.82) is 0 Å². The van der Waals surface area contributed by atoms with Crippen LogP contribution in [0.25, 0.3) is 10.4 Å². The number of thiazole rings is 1. The molecule has 4 atom stereocenters. The lowest BCUT2D eigenvalue weighted by Crippen LogP contribution is -2.64. The highest BCUT2D eigenvalue weighted by atomic mass is 32.2. The van der Waals surface area contributed by atoms with Crippen molar-refractivity contribution in [3.8, 4) is 0 Å². The van der Waals surface area contributed by atoms with Crippen molar-refractivity contribution >= 4 is 57.1 Å². The molecule has 3 aromatic rings. The smallest absolute Gasteiger partial charge is 0.283 e. The lowest BCUT2D eigenvalue weighted by molar-refractivity contribution is -0.686. The monoisotopic (exact) mass is 584 g/mol. The Hall–Kier alpha value is -3.59. The van der Waals surface area contributed by atoms with E-state index in [0.717, 1.165) is 17.1 Å². The number of carbonyl (C=O) groups excluding carboxylic acids is 4. The molecule has 2 aliphatic rings. The molecule has 1 saturated heterocycles. The van der Waals surface area contributed by atoms with Gasteiger partial charge in [0.2, 0.25) is 18.2 Å². The second-order valence-electron chi connectivity index (χ2n) is 9.92. The first kappa shape index (κ1) is 28.0. The Balaban J connectivity index is 1.52. The van der Waals surface area contributed by atoms with Crippen LogP contribution >= 0.6 is 23.1 Å². The van der Waals surface area contributed by atoms with Crippen LogP contribution in [0, 0.1) is 11.8 Å². The van der Waals surface area contributed by atoms with E-state index < -0.39 is 35.8 Å². The normalized spacial score (nSPS) is 21.1. The molecule has 5 N–H and O–H groups in total. The van der Waals surface area contributed by atoms with Gasteiger partial charge in [-0.05, 0) is 31.7 Å². The summed E-state index contributed by atoms with van der Waals surface area (Å²) in [5.41, 5.74) is 11.7. The third-order valence-electron chi connectivity index (χ3n) is 7.17. The molecule has 3 aromatic heterocycles. The molecule has 5 heterocycles. The van der Waals surface area contributed by atoms with E-state index in [1.807, 2.05) is 6.92 Å². The number of pyridine rings is 1. The van der Waals surface area contributed by atoms with Crippen LogP contribution in [0.5, 0.6) is 0 Å². The van der Waals surface area contributed by atoms with Gasteiger partial charge in [0.25, 0.3) is 5.91 Å². The molecule has 2 aliphatic heterocycles. The number of aliphatic carboxylic acids is 1. The van der Waals surface area contributed by atoms with Gasteiger partial charge in [0.15, 0.2) is 12.4 Å². The van der Waals surface area contributed by atoms with Gasteiger partial charge in [-0.25, -0.2) is 4.98 Å². The van der Waals surface area contributed by atoms with E-state index in [1.165, 1.54) is 41.2 Å². The van der Waals surface area contributed by atoms with Crippen molar-refractivity contribution in [2.24, 2.45) is 23.3 Å². The van der Waals surface area contributed by atoms with E-state index in [4.69, 9.17) is 11.5 Å². The zero-order valence-corrected chi connectivity index (χ0v) is 23.4. The predicted octanol–water partition coefficient (Wildman–Crippen LogP) is -0.841. The summed E-state index contributed by atoms with van der Waals surface area (Å²) in [4.78, 5) is 57.4. The molecular formula is C26H28N6O6S2. The van der Waals surface area contributed by atoms with E-state index in [0.29, 0.717) is 27.4 Å². The van der Waals surface area contributed by atoms with Gasteiger partial charge in [0.05, 0.1) is 45.1 Å². The fraction of sp³-hybridized carbons (Fsp3) is 0.385. The second kappa shape index (κ2) is 10.8. The van der Waals surface area contributed by atoms with Crippen LogP contribution in [-0.4, -0.2) is 67.4 Å². The minimum atomic E-state index is -1.47. The molecule has 1 fully saturated rings. The SMILES string of the molecule is C[C@@H](O)[C@H]1C(=O)N2C(C(=O)[O-])=C(c3cn4cnc(C(=O)c5cc(SCCCN)c[n+](CC(N)=O)c5)c4s3)[C@H](C)[C@H]12. The molecule has 0 saturated carbocycles. The van der Waals surface area contributed by atoms with Gasteiger partial charge in [-0.2, -0.15) is 4.57 Å². The van der Waals surface area contributed by atoms with Crippen LogP contribution in [-0.2, 0) is 20.9 Å². The molecule has 0 unspecified atom stereocenters. The topological polar surface area (TPSA) is 188 Å². The third kappa shape index (κ3) is 4.70. The number of fused-ring (bicyclic) bond motifs is 2. The average molecular weight is 585 g/mol. The summed E-state index contributed by atoms with van der Waals surface area (Å²) in [6.45, 7) is 3.76. The number of imidazole rings is 1. The molecule has 5 rings (SSSR count). The quantitative estimate of drug-likeness (QED) is 0.0849. The maximum atomic E-state index is 13.7. The number of rotatable bonds is 11. The Labute approximate surface area is 237 Å². The molecule has 0 bridgehead atoms. The zero-order chi connectivity index (χ0) is 28.9. The minimum absolute atomic E-state index is 0.102. The summed E-state index contributed by atoms with van der Waals surface area (Å²) in [6.07, 6.45) is 6.29. The van der Waals surface area contributed by atoms with Crippen molar-refractivity contribution in [2.75, 3.05) is 12.3 Å². The third-order valence-corrected chi connectivity index (χ3v) is 9.36. The highest BCUT2D eigenvalue weighted by Gasteiger charge is 2.58. The van der Waals surface area contributed by atoms with Crippen LogP contribution in [0.4, 0.5) is 0 Å². The van der Waals surface area contributed by atoms with Gasteiger partial charge in [0, 0.05) is 17.7 Å². The number of hydrogen-bond acceptors (Lipinski definition) is 10. The molecule has 0 aliphatic carbocycles. The van der Waals surface area contributed by atoms with Crippen molar-refractivity contribution in [2.45, 2.75) is 43.9 Å². The number of β-lactam (4-membered cyclic amide) rings is 1. The van der Waals surface area contributed by atoms with Crippen LogP contribution in [0.2, 0.25) is 0 Å². The van der Waals surface area contributed by atoms with Crippen molar-refractivity contribution in [3.05, 3.63) is 52.8 Å². The van der Waals surface area contributed by atoms with E-state index >= 15 is 0 Å². The van der Waals surface area contributed by atoms with E-state index in [2.05, 4.69) is 4.98 Å². The van der Waals surface area contributed by atoms with Crippen LogP contribution in [0.1, 0.15) is 41.2 Å². The van der Waals surface area contributed by atoms with E-state index in [-0.39, 0.29) is 29.6 Å². The highest BCUT2D eigenvalue weighted by Crippen LogP contribution is 2.51. The van der Waals surface area contributed by atoms with Crippen LogP contribution in [0.3, 0.4) is 0 Å². The Morgan fingerprint density at radius 1 is 1.32 bits per heavy atom. The first-order valence-electron chi connectivity index (χ1n) is 12.7. The first-order valence-corrected chi connectivity index (χ1v) is 14.5. The molecule has 2 amide bonds. The number of aliphatic hydroxyl groups is 1. The lowest BCUT2D eigenvalue weighted by Gasteiger charge is -2.47. The average Bonchev–Trinajstić information content (AvgIpc) is 3.53. The number of hydrogen-bond donors (Lipinski definition) is 3. The van der Waals surface area contributed by atoms with Gasteiger partial charge >= 0.3 is 0 Å². The Kier molecular flexibility index (Phi) is 7.52. The molecule has 0 radical (unpaired) electrons. The fourth-order valence-corrected chi connectivity index (χ4v) is 7.64. The van der Waals surface area contributed by atoms with Crippen molar-refractivity contribution in [3.63, 3.8) is 0 Å². The zero-order valence-electron chi connectivity index (χ0n) is 21.8. The van der Waals surface area contributed by atoms with Crippen molar-refractivity contribution in [1.82, 2.24) is 14.3 Å². The van der Waals surface area contributed by atoms with Gasteiger partial charge in [-0.15, -0.1) is 23.1 Å². The summed E-state index contributed by atoms with van der Waals surface area (Å²) in [7, 11) is 0. The first-order chi connectivity index (χ1) is 19.0. The number of carbonyl (C=O) groups is 4. The Bertz CT molecular complexity index is 1580. The number of aromatic nitrogens is 3. The number of aliphatic hydroxyl groups excluding tert-OH is 1. The molecule has 210 valence electrons. The summed E-state index contributed by atoms with van der Waals surface area (Å²) in [5.74, 6) is -3.20. The largest absolute Gasteiger partial charge is 0.543 e.